The molecule has 9 nitrogen and oxygen atoms in total. The molecule has 34 heavy (non-hydrogen) atoms. The molecule has 1 aliphatic heterocycles. The Bertz CT molecular complexity index is 1240. The maximum absolute atomic E-state index is 14.7. The number of ketones is 1. The van der Waals surface area contributed by atoms with Crippen LogP contribution in [0.25, 0.3) is 16.3 Å². The molecule has 2 amide bonds. The summed E-state index contributed by atoms with van der Waals surface area (Å²) in [6.45, 7) is 1.88. The lowest BCUT2D eigenvalue weighted by molar-refractivity contribution is -0.144. The number of fused-ring (bicyclic) bond motifs is 1. The molecule has 2 aromatic rings. The molecular formula is C24H26FN5O4. The lowest BCUT2D eigenvalue weighted by atomic mass is 9.87. The van der Waals surface area contributed by atoms with Gasteiger partial charge < -0.3 is 15.1 Å². The van der Waals surface area contributed by atoms with Crippen molar-refractivity contribution < 1.29 is 18.8 Å². The van der Waals surface area contributed by atoms with Gasteiger partial charge in [-0.05, 0) is 38.2 Å². The van der Waals surface area contributed by atoms with E-state index in [0.29, 0.717) is 30.3 Å². The molecule has 0 radical (unpaired) electrons. The third-order valence-electron chi connectivity index (χ3n) is 6.17. The molecule has 1 fully saturated rings. The van der Waals surface area contributed by atoms with Crippen LogP contribution in [0, 0.1) is 5.92 Å². The molecule has 1 saturated heterocycles. The number of aromatic nitrogens is 2. The van der Waals surface area contributed by atoms with Gasteiger partial charge >= 0.3 is 0 Å². The molecule has 0 saturated carbocycles. The molecule has 4 rings (SSSR count). The van der Waals surface area contributed by atoms with Crippen molar-refractivity contribution in [3.8, 4) is 0 Å². The highest BCUT2D eigenvalue weighted by atomic mass is 19.1. The van der Waals surface area contributed by atoms with Crippen molar-refractivity contribution in [2.45, 2.75) is 12.8 Å². The van der Waals surface area contributed by atoms with E-state index >= 15 is 0 Å². The molecule has 1 aliphatic carbocycles. The van der Waals surface area contributed by atoms with Crippen LogP contribution in [0.15, 0.2) is 47.0 Å². The third kappa shape index (κ3) is 4.54. The van der Waals surface area contributed by atoms with Crippen LogP contribution in [0.1, 0.15) is 18.5 Å². The molecule has 178 valence electrons. The normalized spacial score (nSPS) is 18.6. The number of rotatable bonds is 6. The number of carbonyl (C=O) groups is 3. The maximum atomic E-state index is 14.7. The summed E-state index contributed by atoms with van der Waals surface area (Å²) in [5.41, 5.74) is -0.153. The van der Waals surface area contributed by atoms with Gasteiger partial charge in [0, 0.05) is 43.6 Å². The van der Waals surface area contributed by atoms with E-state index in [0.717, 1.165) is 19.0 Å². The van der Waals surface area contributed by atoms with Crippen LogP contribution in [0.4, 0.5) is 4.39 Å². The van der Waals surface area contributed by atoms with E-state index in [9.17, 15) is 23.6 Å². The number of nitrogens with one attached hydrogen (secondary N) is 2. The molecule has 0 spiro atoms. The molecule has 1 aromatic heterocycles. The van der Waals surface area contributed by atoms with Gasteiger partial charge in [0.2, 0.25) is 11.8 Å². The summed E-state index contributed by atoms with van der Waals surface area (Å²) in [5, 5.41) is 10.2. The molecule has 0 bridgehead atoms. The molecular weight excluding hydrogens is 441 g/mol. The van der Waals surface area contributed by atoms with Crippen LogP contribution < -0.4 is 10.9 Å². The van der Waals surface area contributed by atoms with Crippen molar-refractivity contribution in [3.63, 3.8) is 0 Å². The zero-order valence-electron chi connectivity index (χ0n) is 18.8. The van der Waals surface area contributed by atoms with Gasteiger partial charge in [0.15, 0.2) is 11.7 Å². The summed E-state index contributed by atoms with van der Waals surface area (Å²) in [4.78, 5) is 54.0. The van der Waals surface area contributed by atoms with E-state index < -0.39 is 29.0 Å². The lowest BCUT2D eigenvalue weighted by Gasteiger charge is -2.36. The highest BCUT2D eigenvalue weighted by Gasteiger charge is 2.40. The number of Topliss-reactive ketones (excluding diaryl/α,β-unsaturated/α-hetero) is 1. The van der Waals surface area contributed by atoms with E-state index in [4.69, 9.17) is 0 Å². The van der Waals surface area contributed by atoms with Crippen LogP contribution >= 0.6 is 0 Å². The topological polar surface area (TPSA) is 115 Å². The molecule has 10 heteroatoms. The maximum Gasteiger partial charge on any atom is 0.272 e. The average Bonchev–Trinajstić information content (AvgIpc) is 2.85. The quantitative estimate of drug-likeness (QED) is 0.484. The van der Waals surface area contributed by atoms with Crippen LogP contribution in [0.5, 0.6) is 0 Å². The van der Waals surface area contributed by atoms with Crippen molar-refractivity contribution in [1.82, 2.24) is 25.3 Å². The fraction of sp³-hybridized carbons (Fsp3) is 0.375. The van der Waals surface area contributed by atoms with Crippen molar-refractivity contribution >= 4 is 33.9 Å². The molecule has 2 heterocycles. The number of piperazine rings is 1. The van der Waals surface area contributed by atoms with E-state index in [1.165, 1.54) is 11.0 Å². The first kappa shape index (κ1) is 23.5. The van der Waals surface area contributed by atoms with Crippen molar-refractivity contribution in [3.05, 3.63) is 58.3 Å². The van der Waals surface area contributed by atoms with E-state index in [-0.39, 0.29) is 30.3 Å². The first-order valence-electron chi connectivity index (χ1n) is 11.2. The summed E-state index contributed by atoms with van der Waals surface area (Å²) in [7, 11) is 1.82. The zero-order valence-corrected chi connectivity index (χ0v) is 18.8. The van der Waals surface area contributed by atoms with Crippen molar-refractivity contribution in [2.24, 2.45) is 5.92 Å². The second-order valence-corrected chi connectivity index (χ2v) is 8.29. The monoisotopic (exact) mass is 467 g/mol. The first-order valence-corrected chi connectivity index (χ1v) is 11.2. The number of nitrogens with zero attached hydrogens (tertiary/aromatic N) is 3. The summed E-state index contributed by atoms with van der Waals surface area (Å²) in [6, 6.07) is 6.65. The minimum atomic E-state index is -1.61. The summed E-state index contributed by atoms with van der Waals surface area (Å²) in [6.07, 6.45) is 3.53. The number of amides is 2. The highest BCUT2D eigenvalue weighted by molar-refractivity contribution is 6.30. The Morgan fingerprint density at radius 3 is 2.47 bits per heavy atom. The van der Waals surface area contributed by atoms with Crippen molar-refractivity contribution in [1.29, 1.82) is 0 Å². The molecule has 1 unspecified atom stereocenters. The number of hydrogen-bond acceptors (Lipinski definition) is 6. The van der Waals surface area contributed by atoms with E-state index in [2.05, 4.69) is 15.5 Å². The van der Waals surface area contributed by atoms with Crippen LogP contribution in [0.2, 0.25) is 0 Å². The average molecular weight is 468 g/mol. The number of H-pyrrole nitrogens is 1. The van der Waals surface area contributed by atoms with Gasteiger partial charge in [0.25, 0.3) is 5.56 Å². The first-order chi connectivity index (χ1) is 16.4. The second-order valence-electron chi connectivity index (χ2n) is 8.29. The number of hydrogen-bond donors (Lipinski definition) is 2. The molecule has 2 N–H and O–H groups in total. The number of aromatic amines is 1. The number of benzene rings is 1. The summed E-state index contributed by atoms with van der Waals surface area (Å²) in [5.74, 6) is -3.77. The lowest BCUT2D eigenvalue weighted by Crippen LogP contribution is -2.53. The second kappa shape index (κ2) is 10.1. The Morgan fingerprint density at radius 1 is 1.09 bits per heavy atom. The summed E-state index contributed by atoms with van der Waals surface area (Å²) < 4.78 is 14.7. The number of carbonyl (C=O) groups excluding carboxylic acids is 3. The van der Waals surface area contributed by atoms with Gasteiger partial charge in [-0.1, -0.05) is 18.2 Å². The van der Waals surface area contributed by atoms with Crippen molar-refractivity contribution in [2.75, 3.05) is 39.8 Å². The minimum Gasteiger partial charge on any atom is -0.339 e. The molecule has 1 aromatic carbocycles. The Labute approximate surface area is 195 Å². The van der Waals surface area contributed by atoms with Gasteiger partial charge in [-0.2, -0.15) is 5.10 Å². The molecule has 1 atom stereocenters. The number of halogens is 1. The minimum absolute atomic E-state index is 0.0170. The van der Waals surface area contributed by atoms with Gasteiger partial charge in [-0.25, -0.2) is 9.49 Å². The van der Waals surface area contributed by atoms with Crippen LogP contribution in [-0.2, 0) is 14.4 Å². The van der Waals surface area contributed by atoms with Gasteiger partial charge in [0.05, 0.1) is 5.39 Å². The van der Waals surface area contributed by atoms with Gasteiger partial charge in [-0.15, -0.1) is 0 Å². The smallest absolute Gasteiger partial charge is 0.272 e. The predicted molar refractivity (Wildman–Crippen MR) is 124 cm³/mol. The van der Waals surface area contributed by atoms with Crippen LogP contribution in [0.3, 0.4) is 0 Å². The van der Waals surface area contributed by atoms with Gasteiger partial charge in [-0.3, -0.25) is 19.2 Å². The van der Waals surface area contributed by atoms with E-state index in [1.807, 2.05) is 7.05 Å². The predicted octanol–water partition coefficient (Wildman–Crippen LogP) is 1.03. The summed E-state index contributed by atoms with van der Waals surface area (Å²) >= 11 is 0. The fourth-order valence-corrected chi connectivity index (χ4v) is 4.30. The number of allylic oxidation sites excluding steroid dienone is 3. The standard InChI is InChI=1S/C24H26FN5O4/c1-26-10-4-7-19(31)29-11-13-30(14-12-29)24(34)20-18(25)9-8-17(22(20)32)21-15-5-2-3-6-16(15)23(33)28-27-21/h2-3,5-6,8-9,20,26H,4,7,10-14H2,1H3,(H,28,33). The van der Waals surface area contributed by atoms with Crippen LogP contribution in [-0.4, -0.2) is 77.4 Å². The Balaban J connectivity index is 1.50. The third-order valence-corrected chi connectivity index (χ3v) is 6.17. The highest BCUT2D eigenvalue weighted by Crippen LogP contribution is 2.32. The fourth-order valence-electron chi connectivity index (χ4n) is 4.30. The van der Waals surface area contributed by atoms with Gasteiger partial charge in [0.1, 0.15) is 11.5 Å². The van der Waals surface area contributed by atoms with E-state index in [1.54, 1.807) is 29.2 Å². The SMILES string of the molecule is CNCCCC(=O)N1CCN(C(=O)C2C(=O)C(c3n[nH]c(=O)c4ccccc34)=CC=C2F)CC1. The largest absolute Gasteiger partial charge is 0.339 e. The Morgan fingerprint density at radius 2 is 1.76 bits per heavy atom. The Hall–Kier alpha value is -3.66. The Kier molecular flexibility index (Phi) is 6.97. The zero-order chi connectivity index (χ0) is 24.2. The molecule has 2 aliphatic rings.